The number of imidazole rings is 1. The second kappa shape index (κ2) is 3.23. The van der Waals surface area contributed by atoms with Gasteiger partial charge in [-0.15, -0.1) is 0 Å². The summed E-state index contributed by atoms with van der Waals surface area (Å²) in [5.41, 5.74) is 0.427. The van der Waals surface area contributed by atoms with Crippen LogP contribution in [-0.2, 0) is 16.9 Å². The fourth-order valence-corrected chi connectivity index (χ4v) is 1.99. The number of rotatable bonds is 3. The number of aromatic nitrogens is 2. The first-order valence-corrected chi connectivity index (χ1v) is 4.91. The molecule has 0 aliphatic heterocycles. The van der Waals surface area contributed by atoms with Crippen molar-refractivity contribution in [1.82, 2.24) is 9.55 Å². The number of hydrogen-bond donors (Lipinski definition) is 0. The highest BCUT2D eigenvalue weighted by atomic mass is 35.5. The molecule has 0 unspecified atom stereocenters. The molecule has 1 heterocycles. The van der Waals surface area contributed by atoms with Gasteiger partial charge in [0.05, 0.1) is 12.0 Å². The Labute approximate surface area is 86.6 Å². The molecule has 0 aromatic carbocycles. The molecule has 74 valence electrons. The van der Waals surface area contributed by atoms with Gasteiger partial charge in [0.25, 0.3) is 0 Å². The molecule has 0 spiro atoms. The Hall–Kier alpha value is -1.12. The standard InChI is InChI=1S/C9H10ClN3O/c1-2-13-5-11-8(10)7(13)9(3-4-9)12-6-14/h5H,2-4H2,1H3. The van der Waals surface area contributed by atoms with E-state index in [1.807, 2.05) is 11.5 Å². The Kier molecular flexibility index (Phi) is 2.17. The third-order valence-electron chi connectivity index (χ3n) is 2.56. The summed E-state index contributed by atoms with van der Waals surface area (Å²) in [5.74, 6) is 0. The smallest absolute Gasteiger partial charge is 0.235 e. The van der Waals surface area contributed by atoms with Gasteiger partial charge in [-0.25, -0.2) is 9.78 Å². The second-order valence-corrected chi connectivity index (χ2v) is 3.76. The third-order valence-corrected chi connectivity index (χ3v) is 2.83. The molecule has 1 saturated carbocycles. The Morgan fingerprint density at radius 1 is 1.79 bits per heavy atom. The molecule has 4 nitrogen and oxygen atoms in total. The lowest BCUT2D eigenvalue weighted by molar-refractivity contribution is 0.550. The van der Waals surface area contributed by atoms with Crippen LogP contribution in [0.4, 0.5) is 0 Å². The minimum atomic E-state index is -0.425. The fourth-order valence-electron chi connectivity index (χ4n) is 1.66. The molecule has 14 heavy (non-hydrogen) atoms. The van der Waals surface area contributed by atoms with E-state index in [4.69, 9.17) is 11.6 Å². The molecule has 0 atom stereocenters. The summed E-state index contributed by atoms with van der Waals surface area (Å²) < 4.78 is 1.93. The van der Waals surface area contributed by atoms with Gasteiger partial charge < -0.3 is 4.57 Å². The molecule has 5 heteroatoms. The van der Waals surface area contributed by atoms with Crippen molar-refractivity contribution in [2.24, 2.45) is 4.99 Å². The summed E-state index contributed by atoms with van der Waals surface area (Å²) in [6.45, 7) is 2.79. The average Bonchev–Trinajstić information content (AvgIpc) is 2.83. The van der Waals surface area contributed by atoms with Crippen LogP contribution >= 0.6 is 11.6 Å². The molecule has 0 saturated heterocycles. The second-order valence-electron chi connectivity index (χ2n) is 3.40. The minimum Gasteiger partial charge on any atom is -0.331 e. The van der Waals surface area contributed by atoms with Crippen LogP contribution in [0.3, 0.4) is 0 Å². The van der Waals surface area contributed by atoms with Gasteiger partial charge in [-0.1, -0.05) is 11.6 Å². The van der Waals surface area contributed by atoms with Crippen molar-refractivity contribution in [1.29, 1.82) is 0 Å². The number of nitrogens with zero attached hydrogens (tertiary/aromatic N) is 3. The number of aryl methyl sites for hydroxylation is 1. The Morgan fingerprint density at radius 2 is 2.50 bits per heavy atom. The molecular formula is C9H10ClN3O. The minimum absolute atomic E-state index is 0.425. The Morgan fingerprint density at radius 3 is 3.00 bits per heavy atom. The number of carbonyl (C=O) groups excluding carboxylic acids is 1. The van der Waals surface area contributed by atoms with E-state index in [1.54, 1.807) is 12.4 Å². The highest BCUT2D eigenvalue weighted by molar-refractivity contribution is 6.30. The molecule has 1 aliphatic rings. The van der Waals surface area contributed by atoms with Crippen LogP contribution in [-0.4, -0.2) is 15.6 Å². The van der Waals surface area contributed by atoms with E-state index in [1.165, 1.54) is 0 Å². The average molecular weight is 212 g/mol. The van der Waals surface area contributed by atoms with E-state index in [2.05, 4.69) is 9.98 Å². The van der Waals surface area contributed by atoms with Gasteiger partial charge in [0.2, 0.25) is 6.08 Å². The lowest BCUT2D eigenvalue weighted by Crippen LogP contribution is -2.10. The van der Waals surface area contributed by atoms with E-state index in [-0.39, 0.29) is 0 Å². The van der Waals surface area contributed by atoms with Crippen LogP contribution in [0.1, 0.15) is 25.5 Å². The molecule has 1 aliphatic carbocycles. The van der Waals surface area contributed by atoms with E-state index in [9.17, 15) is 4.79 Å². The van der Waals surface area contributed by atoms with Crippen LogP contribution in [0, 0.1) is 0 Å². The van der Waals surface area contributed by atoms with Crippen molar-refractivity contribution in [3.8, 4) is 0 Å². The Bertz CT molecular complexity index is 402. The summed E-state index contributed by atoms with van der Waals surface area (Å²) in [6, 6.07) is 0. The van der Waals surface area contributed by atoms with Crippen molar-refractivity contribution in [3.63, 3.8) is 0 Å². The van der Waals surface area contributed by atoms with Gasteiger partial charge >= 0.3 is 0 Å². The highest BCUT2D eigenvalue weighted by Crippen LogP contribution is 2.51. The number of isocyanates is 1. The van der Waals surface area contributed by atoms with Crippen molar-refractivity contribution < 1.29 is 4.79 Å². The molecule has 0 amide bonds. The first-order valence-electron chi connectivity index (χ1n) is 4.53. The fraction of sp³-hybridized carbons (Fsp3) is 0.556. The van der Waals surface area contributed by atoms with Gasteiger partial charge in [0.15, 0.2) is 5.15 Å². The highest BCUT2D eigenvalue weighted by Gasteiger charge is 2.48. The van der Waals surface area contributed by atoms with Crippen LogP contribution in [0.5, 0.6) is 0 Å². The first kappa shape index (κ1) is 9.44. The van der Waals surface area contributed by atoms with Crippen molar-refractivity contribution in [3.05, 3.63) is 17.2 Å². The lowest BCUT2D eigenvalue weighted by atomic mass is 10.2. The molecule has 0 N–H and O–H groups in total. The van der Waals surface area contributed by atoms with Gasteiger partial charge in [-0.05, 0) is 19.8 Å². The van der Waals surface area contributed by atoms with Crippen LogP contribution in [0.25, 0.3) is 0 Å². The maximum atomic E-state index is 10.3. The van der Waals surface area contributed by atoms with Gasteiger partial charge in [-0.2, -0.15) is 4.99 Å². The molecular weight excluding hydrogens is 202 g/mol. The molecule has 1 aromatic rings. The summed E-state index contributed by atoms with van der Waals surface area (Å²) in [5, 5.41) is 0.448. The van der Waals surface area contributed by atoms with Crippen LogP contribution in [0.2, 0.25) is 5.15 Å². The SMILES string of the molecule is CCn1cnc(Cl)c1C1(N=C=O)CC1. The topological polar surface area (TPSA) is 47.2 Å². The number of hydrogen-bond acceptors (Lipinski definition) is 3. The zero-order chi connectivity index (χ0) is 10.2. The number of halogens is 1. The van der Waals surface area contributed by atoms with Crippen molar-refractivity contribution in [2.75, 3.05) is 0 Å². The Balaban J connectivity index is 2.49. The zero-order valence-corrected chi connectivity index (χ0v) is 8.58. The third kappa shape index (κ3) is 1.27. The van der Waals surface area contributed by atoms with Crippen LogP contribution in [0.15, 0.2) is 11.3 Å². The van der Waals surface area contributed by atoms with Crippen molar-refractivity contribution in [2.45, 2.75) is 31.8 Å². The normalized spacial score (nSPS) is 17.6. The quantitative estimate of drug-likeness (QED) is 0.566. The van der Waals surface area contributed by atoms with Crippen molar-refractivity contribution >= 4 is 17.7 Å². The predicted molar refractivity (Wildman–Crippen MR) is 51.9 cm³/mol. The van der Waals surface area contributed by atoms with E-state index < -0.39 is 5.54 Å². The molecule has 2 rings (SSSR count). The van der Waals surface area contributed by atoms with Gasteiger partial charge in [0, 0.05) is 6.54 Å². The largest absolute Gasteiger partial charge is 0.331 e. The summed E-state index contributed by atoms with van der Waals surface area (Å²) in [7, 11) is 0. The maximum Gasteiger partial charge on any atom is 0.235 e. The van der Waals surface area contributed by atoms with Crippen LogP contribution < -0.4 is 0 Å². The predicted octanol–water partition coefficient (Wildman–Crippen LogP) is 1.88. The molecule has 0 bridgehead atoms. The summed E-state index contributed by atoms with van der Waals surface area (Å²) >= 11 is 5.96. The molecule has 0 radical (unpaired) electrons. The molecule has 1 aromatic heterocycles. The molecule has 1 fully saturated rings. The van der Waals surface area contributed by atoms with Gasteiger partial charge in [-0.3, -0.25) is 0 Å². The first-order chi connectivity index (χ1) is 6.73. The summed E-state index contributed by atoms with van der Waals surface area (Å²) in [6.07, 6.45) is 5.00. The maximum absolute atomic E-state index is 10.3. The zero-order valence-electron chi connectivity index (χ0n) is 7.83. The monoisotopic (exact) mass is 211 g/mol. The van der Waals surface area contributed by atoms with E-state index in [0.717, 1.165) is 25.1 Å². The lowest BCUT2D eigenvalue weighted by Gasteiger charge is -2.10. The number of aliphatic imine (C=N–C) groups is 1. The van der Waals surface area contributed by atoms with Gasteiger partial charge in [0.1, 0.15) is 5.54 Å². The summed E-state index contributed by atoms with van der Waals surface area (Å²) in [4.78, 5) is 18.1. The van der Waals surface area contributed by atoms with E-state index >= 15 is 0 Å². The van der Waals surface area contributed by atoms with E-state index in [0.29, 0.717) is 5.15 Å².